The highest BCUT2D eigenvalue weighted by atomic mass is 32.2. The van der Waals surface area contributed by atoms with Crippen molar-refractivity contribution in [2.45, 2.75) is 31.9 Å². The summed E-state index contributed by atoms with van der Waals surface area (Å²) in [4.78, 5) is 2.26. The summed E-state index contributed by atoms with van der Waals surface area (Å²) in [5.74, 6) is 1.04. The summed E-state index contributed by atoms with van der Waals surface area (Å²) in [6, 6.07) is 7.02. The number of hydrogen-bond acceptors (Lipinski definition) is 3. The highest BCUT2D eigenvalue weighted by Crippen LogP contribution is 2.25. The van der Waals surface area contributed by atoms with Gasteiger partial charge in [0.2, 0.25) is 0 Å². The largest absolute Gasteiger partial charge is 0.329 e. The molecule has 0 bridgehead atoms. The molecule has 0 radical (unpaired) electrons. The van der Waals surface area contributed by atoms with Crippen LogP contribution in [0.25, 0.3) is 0 Å². The summed E-state index contributed by atoms with van der Waals surface area (Å²) in [5.41, 5.74) is 6.95. The molecule has 1 aromatic carbocycles. The fourth-order valence-corrected chi connectivity index (χ4v) is 3.23. The molecule has 2 unspecified atom stereocenters. The first-order valence-corrected chi connectivity index (χ1v) is 8.23. The Bertz CT molecular complexity index is 384. The number of likely N-dealkylation sites (N-methyl/N-ethyl adjacent to an activating group) is 1. The Hall–Kier alpha value is -0.650. The van der Waals surface area contributed by atoms with Crippen molar-refractivity contribution in [3.8, 4) is 0 Å². The molecule has 2 N–H and O–H groups in total. The molecular weight excluding hydrogens is 278 g/mol. The predicted molar refractivity (Wildman–Crippen MR) is 83.4 cm³/mol. The van der Waals surface area contributed by atoms with E-state index < -0.39 is 6.43 Å². The van der Waals surface area contributed by atoms with Gasteiger partial charge in [0.15, 0.2) is 0 Å². The van der Waals surface area contributed by atoms with E-state index in [-0.39, 0.29) is 11.6 Å². The fourth-order valence-electron chi connectivity index (χ4n) is 2.37. The van der Waals surface area contributed by atoms with Crippen molar-refractivity contribution in [1.29, 1.82) is 0 Å². The molecule has 0 fully saturated rings. The molecule has 0 heterocycles. The minimum absolute atomic E-state index is 0.0586. The van der Waals surface area contributed by atoms with Gasteiger partial charge in [-0.3, -0.25) is 4.90 Å². The zero-order valence-corrected chi connectivity index (χ0v) is 13.2. The molecule has 0 aliphatic carbocycles. The maximum atomic E-state index is 12.6. The smallest absolute Gasteiger partial charge is 0.263 e. The van der Waals surface area contributed by atoms with Crippen LogP contribution >= 0.6 is 11.8 Å². The Labute approximate surface area is 124 Å². The number of halogens is 2. The average molecular weight is 302 g/mol. The lowest BCUT2D eigenvalue weighted by molar-refractivity contribution is 0.151. The Morgan fingerprint density at radius 3 is 2.15 bits per heavy atom. The minimum Gasteiger partial charge on any atom is -0.329 e. The lowest BCUT2D eigenvalue weighted by Crippen LogP contribution is -2.39. The van der Waals surface area contributed by atoms with Gasteiger partial charge in [0.1, 0.15) is 0 Å². The van der Waals surface area contributed by atoms with E-state index in [9.17, 15) is 8.78 Å². The first-order chi connectivity index (χ1) is 9.54. The van der Waals surface area contributed by atoms with Crippen molar-refractivity contribution in [1.82, 2.24) is 4.90 Å². The number of nitrogens with zero attached hydrogens (tertiary/aromatic N) is 1. The van der Waals surface area contributed by atoms with Crippen LogP contribution in [0.5, 0.6) is 0 Å². The van der Waals surface area contributed by atoms with Gasteiger partial charge in [-0.15, -0.1) is 0 Å². The Balaban J connectivity index is 2.88. The van der Waals surface area contributed by atoms with Gasteiger partial charge in [-0.25, -0.2) is 8.78 Å². The van der Waals surface area contributed by atoms with Crippen molar-refractivity contribution >= 4 is 11.8 Å². The van der Waals surface area contributed by atoms with Gasteiger partial charge >= 0.3 is 0 Å². The number of benzene rings is 1. The quantitative estimate of drug-likeness (QED) is 0.794. The monoisotopic (exact) mass is 302 g/mol. The minimum atomic E-state index is -2.42. The summed E-state index contributed by atoms with van der Waals surface area (Å²) in [5, 5.41) is 0. The van der Waals surface area contributed by atoms with Crippen molar-refractivity contribution in [3.05, 3.63) is 35.4 Å². The van der Waals surface area contributed by atoms with E-state index in [0.29, 0.717) is 12.6 Å². The van der Waals surface area contributed by atoms with Crippen molar-refractivity contribution in [2.75, 3.05) is 25.6 Å². The number of thioether (sulfide) groups is 1. The van der Waals surface area contributed by atoms with Crippen molar-refractivity contribution < 1.29 is 8.78 Å². The maximum absolute atomic E-state index is 12.6. The first kappa shape index (κ1) is 17.4. The van der Waals surface area contributed by atoms with Crippen molar-refractivity contribution in [3.63, 3.8) is 0 Å². The third kappa shape index (κ3) is 4.43. The third-order valence-electron chi connectivity index (χ3n) is 3.69. The highest BCUT2D eigenvalue weighted by molar-refractivity contribution is 7.98. The molecule has 5 heteroatoms. The summed E-state index contributed by atoms with van der Waals surface area (Å²) in [7, 11) is 2.06. The molecule has 0 aliphatic rings. The number of rotatable bonds is 8. The van der Waals surface area contributed by atoms with Crippen LogP contribution in [0.2, 0.25) is 0 Å². The Morgan fingerprint density at radius 2 is 1.75 bits per heavy atom. The van der Waals surface area contributed by atoms with Crippen LogP contribution in [0.15, 0.2) is 24.3 Å². The Morgan fingerprint density at radius 1 is 1.20 bits per heavy atom. The molecule has 20 heavy (non-hydrogen) atoms. The summed E-state index contributed by atoms with van der Waals surface area (Å²) < 4.78 is 25.2. The molecule has 0 saturated carbocycles. The first-order valence-electron chi connectivity index (χ1n) is 6.84. The zero-order chi connectivity index (χ0) is 15.1. The normalized spacial score (nSPS) is 14.8. The summed E-state index contributed by atoms with van der Waals surface area (Å²) in [6.07, 6.45) is 0.715. The fraction of sp³-hybridized carbons (Fsp3) is 0.600. The molecular formula is C15H24F2N2S. The van der Waals surface area contributed by atoms with Crippen LogP contribution in [-0.4, -0.2) is 36.5 Å². The van der Waals surface area contributed by atoms with E-state index in [1.807, 2.05) is 11.8 Å². The van der Waals surface area contributed by atoms with E-state index in [4.69, 9.17) is 5.73 Å². The average Bonchev–Trinajstić information content (AvgIpc) is 2.45. The van der Waals surface area contributed by atoms with Gasteiger partial charge < -0.3 is 5.73 Å². The highest BCUT2D eigenvalue weighted by Gasteiger charge is 2.22. The summed E-state index contributed by atoms with van der Waals surface area (Å²) in [6.45, 7) is 2.64. The lowest BCUT2D eigenvalue weighted by atomic mass is 10.0. The topological polar surface area (TPSA) is 29.3 Å². The number of nitrogens with two attached hydrogens (primary N) is 1. The van der Waals surface area contributed by atoms with Gasteiger partial charge in [-0.1, -0.05) is 31.2 Å². The van der Waals surface area contributed by atoms with Gasteiger partial charge in [-0.2, -0.15) is 11.8 Å². The van der Waals surface area contributed by atoms with Gasteiger partial charge in [0.05, 0.1) is 0 Å². The SMILES string of the molecule is CCC(CSC)N(C)C(CN)c1ccc(C(F)F)cc1. The third-order valence-corrected chi connectivity index (χ3v) is 4.41. The molecule has 0 aliphatic heterocycles. The van der Waals surface area contributed by atoms with Crippen LogP contribution < -0.4 is 5.73 Å². The number of alkyl halides is 2. The van der Waals surface area contributed by atoms with Crippen LogP contribution in [-0.2, 0) is 0 Å². The van der Waals surface area contributed by atoms with E-state index in [2.05, 4.69) is 25.1 Å². The van der Waals surface area contributed by atoms with E-state index in [1.54, 1.807) is 12.1 Å². The second kappa shape index (κ2) is 8.60. The number of hydrogen-bond donors (Lipinski definition) is 1. The van der Waals surface area contributed by atoms with Crippen LogP contribution in [0.4, 0.5) is 8.78 Å². The van der Waals surface area contributed by atoms with Crippen LogP contribution in [0.3, 0.4) is 0 Å². The molecule has 0 saturated heterocycles. The van der Waals surface area contributed by atoms with Gasteiger partial charge in [-0.05, 0) is 25.3 Å². The zero-order valence-electron chi connectivity index (χ0n) is 12.4. The van der Waals surface area contributed by atoms with E-state index in [0.717, 1.165) is 17.7 Å². The van der Waals surface area contributed by atoms with Gasteiger partial charge in [0, 0.05) is 29.9 Å². The molecule has 2 nitrogen and oxygen atoms in total. The van der Waals surface area contributed by atoms with Crippen LogP contribution in [0.1, 0.15) is 36.9 Å². The van der Waals surface area contributed by atoms with E-state index in [1.165, 1.54) is 12.1 Å². The summed E-state index contributed by atoms with van der Waals surface area (Å²) >= 11 is 1.81. The predicted octanol–water partition coefficient (Wildman–Crippen LogP) is 3.70. The maximum Gasteiger partial charge on any atom is 0.263 e. The molecule has 1 aromatic rings. The van der Waals surface area contributed by atoms with Crippen LogP contribution in [0, 0.1) is 0 Å². The molecule has 1 rings (SSSR count). The second-order valence-corrected chi connectivity index (χ2v) is 5.81. The molecule has 0 amide bonds. The van der Waals surface area contributed by atoms with E-state index >= 15 is 0 Å². The second-order valence-electron chi connectivity index (χ2n) is 4.90. The lowest BCUT2D eigenvalue weighted by Gasteiger charge is -2.34. The standard InChI is InChI=1S/C15H24F2N2S/c1-4-13(10-20-3)19(2)14(9-18)11-5-7-12(8-6-11)15(16)17/h5-8,13-15H,4,9-10,18H2,1-3H3. The Kier molecular flexibility index (Phi) is 7.48. The van der Waals surface area contributed by atoms with Crippen molar-refractivity contribution in [2.24, 2.45) is 5.73 Å². The molecule has 114 valence electrons. The van der Waals surface area contributed by atoms with Gasteiger partial charge in [0.25, 0.3) is 6.43 Å². The molecule has 0 spiro atoms. The molecule has 0 aromatic heterocycles. The molecule has 2 atom stereocenters.